The highest BCUT2D eigenvalue weighted by Crippen LogP contribution is 2.33. The normalized spacial score (nSPS) is 13.0. The second-order valence-electron chi connectivity index (χ2n) is 5.52. The Morgan fingerprint density at radius 3 is 2.35 bits per heavy atom. The van der Waals surface area contributed by atoms with Crippen LogP contribution in [0.3, 0.4) is 0 Å². The van der Waals surface area contributed by atoms with Crippen molar-refractivity contribution in [3.63, 3.8) is 0 Å². The highest BCUT2D eigenvalue weighted by Gasteiger charge is 2.16. The van der Waals surface area contributed by atoms with Gasteiger partial charge in [0.05, 0.1) is 4.90 Å². The van der Waals surface area contributed by atoms with Gasteiger partial charge in [0.1, 0.15) is 10.7 Å². The molecule has 4 nitrogen and oxygen atoms in total. The first-order valence-electron chi connectivity index (χ1n) is 7.34. The Bertz CT molecular complexity index is 849. The summed E-state index contributed by atoms with van der Waals surface area (Å²) in [5.74, 6) is 0.533. The van der Waals surface area contributed by atoms with Gasteiger partial charge < -0.3 is 4.42 Å². The van der Waals surface area contributed by atoms with Crippen molar-refractivity contribution in [1.29, 1.82) is 0 Å². The molecule has 2 aromatic rings. The summed E-state index contributed by atoms with van der Waals surface area (Å²) in [6.45, 7) is 5.85. The van der Waals surface area contributed by atoms with Gasteiger partial charge in [-0.2, -0.15) is 0 Å². The minimum absolute atomic E-state index is 0.261. The molecule has 124 valence electrons. The van der Waals surface area contributed by atoms with Crippen LogP contribution in [-0.2, 0) is 9.84 Å². The lowest BCUT2D eigenvalue weighted by Crippen LogP contribution is -2.08. The average Bonchev–Trinajstić information content (AvgIpc) is 2.48. The quantitative estimate of drug-likeness (QED) is 0.763. The zero-order valence-electron chi connectivity index (χ0n) is 13.6. The molecule has 0 N–H and O–H groups in total. The molecule has 1 atom stereocenters. The fourth-order valence-electron chi connectivity index (χ4n) is 2.09. The molecule has 0 saturated heterocycles. The third kappa shape index (κ3) is 4.26. The van der Waals surface area contributed by atoms with Crippen molar-refractivity contribution in [2.45, 2.75) is 42.2 Å². The van der Waals surface area contributed by atoms with Crippen molar-refractivity contribution in [2.75, 3.05) is 6.26 Å². The van der Waals surface area contributed by atoms with Crippen molar-refractivity contribution >= 4 is 21.6 Å². The van der Waals surface area contributed by atoms with Crippen LogP contribution in [-0.4, -0.2) is 19.9 Å². The Morgan fingerprint density at radius 1 is 1.22 bits per heavy atom. The molecule has 0 aliphatic carbocycles. The van der Waals surface area contributed by atoms with Crippen molar-refractivity contribution in [3.8, 4) is 11.1 Å². The number of thioether (sulfide) groups is 1. The van der Waals surface area contributed by atoms with Crippen LogP contribution in [0.2, 0.25) is 0 Å². The van der Waals surface area contributed by atoms with Gasteiger partial charge in [-0.05, 0) is 37.1 Å². The van der Waals surface area contributed by atoms with E-state index in [0.29, 0.717) is 10.7 Å². The van der Waals surface area contributed by atoms with Crippen LogP contribution in [0.25, 0.3) is 11.1 Å². The zero-order valence-corrected chi connectivity index (χ0v) is 15.3. The number of hydrogen-bond donors (Lipinski definition) is 0. The van der Waals surface area contributed by atoms with Crippen molar-refractivity contribution in [2.24, 2.45) is 0 Å². The molecule has 0 fully saturated rings. The molecule has 1 heterocycles. The van der Waals surface area contributed by atoms with Gasteiger partial charge in [-0.3, -0.25) is 0 Å². The topological polar surface area (TPSA) is 64.3 Å². The summed E-state index contributed by atoms with van der Waals surface area (Å²) in [7, 11) is -3.24. The Kier molecular flexibility index (Phi) is 5.37. The van der Waals surface area contributed by atoms with Gasteiger partial charge in [0.25, 0.3) is 0 Å². The Labute approximate surface area is 140 Å². The molecule has 2 rings (SSSR count). The number of rotatable bonds is 5. The van der Waals surface area contributed by atoms with Crippen LogP contribution in [0, 0.1) is 6.92 Å². The standard InChI is InChI=1S/C17H20O4S2/c1-5-12(3)22-16-15(10-11(2)21-17(16)18)13-6-8-14(9-7-13)23(4,19)20/h6-10,12H,5H2,1-4H3. The lowest BCUT2D eigenvalue weighted by atomic mass is 10.1. The Balaban J connectivity index is 2.56. The molecule has 1 aromatic carbocycles. The van der Waals surface area contributed by atoms with E-state index >= 15 is 0 Å². The maximum atomic E-state index is 12.2. The molecule has 23 heavy (non-hydrogen) atoms. The van der Waals surface area contributed by atoms with E-state index in [1.165, 1.54) is 18.0 Å². The van der Waals surface area contributed by atoms with E-state index in [2.05, 4.69) is 13.8 Å². The summed E-state index contributed by atoms with van der Waals surface area (Å²) in [6, 6.07) is 8.40. The third-order valence-corrected chi connectivity index (χ3v) is 6.01. The first-order valence-corrected chi connectivity index (χ1v) is 10.1. The molecular formula is C17H20O4S2. The van der Waals surface area contributed by atoms with Crippen molar-refractivity contribution < 1.29 is 12.8 Å². The van der Waals surface area contributed by atoms with Gasteiger partial charge in [-0.1, -0.05) is 26.0 Å². The SMILES string of the molecule is CCC(C)Sc1c(-c2ccc(S(C)(=O)=O)cc2)cc(C)oc1=O. The van der Waals surface area contributed by atoms with Crippen LogP contribution >= 0.6 is 11.8 Å². The number of sulfone groups is 1. The van der Waals surface area contributed by atoms with E-state index in [1.807, 2.05) is 6.07 Å². The van der Waals surface area contributed by atoms with Gasteiger partial charge in [0.15, 0.2) is 9.84 Å². The van der Waals surface area contributed by atoms with Crippen LogP contribution in [0.15, 0.2) is 49.3 Å². The number of hydrogen-bond acceptors (Lipinski definition) is 5. The van der Waals surface area contributed by atoms with Gasteiger partial charge in [-0.25, -0.2) is 13.2 Å². The van der Waals surface area contributed by atoms with Crippen molar-refractivity contribution in [3.05, 3.63) is 46.5 Å². The van der Waals surface area contributed by atoms with Gasteiger partial charge in [-0.15, -0.1) is 11.8 Å². The molecule has 6 heteroatoms. The minimum atomic E-state index is -3.24. The highest BCUT2D eigenvalue weighted by atomic mass is 32.2. The van der Waals surface area contributed by atoms with Crippen LogP contribution in [0.4, 0.5) is 0 Å². The Morgan fingerprint density at radius 2 is 1.83 bits per heavy atom. The summed E-state index contributed by atoms with van der Waals surface area (Å²) in [6.07, 6.45) is 2.11. The second kappa shape index (κ2) is 6.93. The molecule has 0 bridgehead atoms. The smallest absolute Gasteiger partial charge is 0.350 e. The van der Waals surface area contributed by atoms with E-state index in [9.17, 15) is 13.2 Å². The average molecular weight is 352 g/mol. The molecule has 0 amide bonds. The minimum Gasteiger partial charge on any atom is -0.427 e. The number of aryl methyl sites for hydroxylation is 1. The molecule has 1 unspecified atom stereocenters. The van der Waals surface area contributed by atoms with Crippen LogP contribution in [0.1, 0.15) is 26.0 Å². The van der Waals surface area contributed by atoms with Crippen molar-refractivity contribution in [1.82, 2.24) is 0 Å². The second-order valence-corrected chi connectivity index (χ2v) is 8.98. The summed E-state index contributed by atoms with van der Waals surface area (Å²) in [5, 5.41) is 0.287. The first-order chi connectivity index (χ1) is 10.7. The Hall–Kier alpha value is -1.53. The summed E-state index contributed by atoms with van der Waals surface area (Å²) in [4.78, 5) is 13.1. The molecule has 0 saturated carbocycles. The van der Waals surface area contributed by atoms with Crippen LogP contribution < -0.4 is 5.63 Å². The van der Waals surface area contributed by atoms with E-state index in [1.54, 1.807) is 31.2 Å². The predicted molar refractivity (Wildman–Crippen MR) is 93.9 cm³/mol. The molecule has 0 spiro atoms. The van der Waals surface area contributed by atoms with Gasteiger partial charge in [0.2, 0.25) is 0 Å². The van der Waals surface area contributed by atoms with Gasteiger partial charge in [0, 0.05) is 17.1 Å². The van der Waals surface area contributed by atoms with E-state index < -0.39 is 9.84 Å². The van der Waals surface area contributed by atoms with E-state index in [0.717, 1.165) is 17.5 Å². The van der Waals surface area contributed by atoms with Gasteiger partial charge >= 0.3 is 5.63 Å². The molecular weight excluding hydrogens is 332 g/mol. The predicted octanol–water partition coefficient (Wildman–Crippen LogP) is 3.91. The highest BCUT2D eigenvalue weighted by molar-refractivity contribution is 8.00. The van der Waals surface area contributed by atoms with E-state index in [-0.39, 0.29) is 15.8 Å². The molecule has 0 radical (unpaired) electrons. The fraction of sp³-hybridized carbons (Fsp3) is 0.353. The summed E-state index contributed by atoms with van der Waals surface area (Å²) >= 11 is 1.49. The molecule has 0 aliphatic rings. The molecule has 0 aliphatic heterocycles. The lowest BCUT2D eigenvalue weighted by molar-refractivity contribution is 0.466. The maximum absolute atomic E-state index is 12.2. The molecule has 1 aromatic heterocycles. The zero-order chi connectivity index (χ0) is 17.2. The van der Waals surface area contributed by atoms with E-state index in [4.69, 9.17) is 4.42 Å². The largest absolute Gasteiger partial charge is 0.427 e. The third-order valence-electron chi connectivity index (χ3n) is 3.52. The fourth-order valence-corrected chi connectivity index (χ4v) is 3.73. The van der Waals surface area contributed by atoms with Crippen LogP contribution in [0.5, 0.6) is 0 Å². The monoisotopic (exact) mass is 352 g/mol. The summed E-state index contributed by atoms with van der Waals surface area (Å²) < 4.78 is 28.4. The lowest BCUT2D eigenvalue weighted by Gasteiger charge is -2.12. The number of benzene rings is 1. The summed E-state index contributed by atoms with van der Waals surface area (Å²) in [5.41, 5.74) is 1.24. The first kappa shape index (κ1) is 17.8. The maximum Gasteiger partial charge on any atom is 0.350 e.